The Labute approximate surface area is 122 Å². The van der Waals surface area contributed by atoms with Crippen molar-refractivity contribution in [3.05, 3.63) is 46.3 Å². The van der Waals surface area contributed by atoms with Gasteiger partial charge in [-0.2, -0.15) is 0 Å². The number of thiophene rings is 1. The molecule has 1 aliphatic heterocycles. The van der Waals surface area contributed by atoms with Crippen LogP contribution in [0.2, 0.25) is 0 Å². The molecule has 5 heteroatoms. The van der Waals surface area contributed by atoms with Crippen molar-refractivity contribution in [2.24, 2.45) is 0 Å². The van der Waals surface area contributed by atoms with E-state index in [2.05, 4.69) is 15.2 Å². The minimum absolute atomic E-state index is 0.0379. The highest BCUT2D eigenvalue weighted by Crippen LogP contribution is 2.19. The topological polar surface area (TPSA) is 45.2 Å². The Balaban J connectivity index is 1.59. The van der Waals surface area contributed by atoms with Crippen molar-refractivity contribution < 1.29 is 4.79 Å². The van der Waals surface area contributed by atoms with Crippen LogP contribution in [-0.2, 0) is 0 Å². The molecular formula is C15H17N3OS. The quantitative estimate of drug-likeness (QED) is 0.943. The highest BCUT2D eigenvalue weighted by molar-refractivity contribution is 7.12. The maximum absolute atomic E-state index is 12.1. The van der Waals surface area contributed by atoms with Gasteiger partial charge in [-0.05, 0) is 42.5 Å². The Morgan fingerprint density at radius 3 is 3.10 bits per heavy atom. The number of aryl methyl sites for hydroxylation is 1. The Morgan fingerprint density at radius 1 is 1.50 bits per heavy atom. The van der Waals surface area contributed by atoms with E-state index in [1.807, 2.05) is 36.6 Å². The molecule has 3 heterocycles. The Morgan fingerprint density at radius 2 is 2.40 bits per heavy atom. The highest BCUT2D eigenvalue weighted by atomic mass is 32.1. The standard InChI is InChI=1S/C15H17N3OS/c1-11-8-13(20-10-11)15(19)17-12-5-7-18(9-12)14-4-2-3-6-16-14/h2-4,6,8,10,12H,5,7,9H2,1H3,(H,17,19). The second-order valence-electron chi connectivity index (χ2n) is 5.08. The highest BCUT2D eigenvalue weighted by Gasteiger charge is 2.25. The van der Waals surface area contributed by atoms with Crippen molar-refractivity contribution in [2.45, 2.75) is 19.4 Å². The first kappa shape index (κ1) is 13.1. The average Bonchev–Trinajstić information content (AvgIpc) is 3.09. The Kier molecular flexibility index (Phi) is 3.69. The van der Waals surface area contributed by atoms with Crippen molar-refractivity contribution in [2.75, 3.05) is 18.0 Å². The predicted molar refractivity (Wildman–Crippen MR) is 81.4 cm³/mol. The molecule has 1 saturated heterocycles. The summed E-state index contributed by atoms with van der Waals surface area (Å²) in [6.07, 6.45) is 2.77. The molecular weight excluding hydrogens is 270 g/mol. The number of carbonyl (C=O) groups excluding carboxylic acids is 1. The van der Waals surface area contributed by atoms with Gasteiger partial charge < -0.3 is 10.2 Å². The average molecular weight is 287 g/mol. The van der Waals surface area contributed by atoms with Crippen LogP contribution in [0.5, 0.6) is 0 Å². The summed E-state index contributed by atoms with van der Waals surface area (Å²) in [5.41, 5.74) is 1.14. The molecule has 1 aliphatic rings. The summed E-state index contributed by atoms with van der Waals surface area (Å²) in [6, 6.07) is 8.05. The summed E-state index contributed by atoms with van der Waals surface area (Å²) < 4.78 is 0. The second kappa shape index (κ2) is 5.63. The zero-order chi connectivity index (χ0) is 13.9. The van der Waals surface area contributed by atoms with Gasteiger partial charge in [0.05, 0.1) is 4.88 Å². The lowest BCUT2D eigenvalue weighted by atomic mass is 10.2. The minimum atomic E-state index is 0.0379. The summed E-state index contributed by atoms with van der Waals surface area (Å²) in [5.74, 6) is 1.02. The molecule has 4 nitrogen and oxygen atoms in total. The first-order valence-corrected chi connectivity index (χ1v) is 7.62. The summed E-state index contributed by atoms with van der Waals surface area (Å²) in [7, 11) is 0. The van der Waals surface area contributed by atoms with Gasteiger partial charge >= 0.3 is 0 Å². The van der Waals surface area contributed by atoms with Crippen LogP contribution >= 0.6 is 11.3 Å². The summed E-state index contributed by atoms with van der Waals surface area (Å²) in [5, 5.41) is 5.11. The Hall–Kier alpha value is -1.88. The minimum Gasteiger partial charge on any atom is -0.354 e. The SMILES string of the molecule is Cc1csc(C(=O)NC2CCN(c3ccccn3)C2)c1. The number of nitrogens with one attached hydrogen (secondary N) is 1. The second-order valence-corrected chi connectivity index (χ2v) is 5.99. The van der Waals surface area contributed by atoms with Crippen LogP contribution in [0.1, 0.15) is 21.7 Å². The molecule has 2 aromatic rings. The number of anilines is 1. The van der Waals surface area contributed by atoms with Crippen molar-refractivity contribution >= 4 is 23.1 Å². The molecule has 0 aliphatic carbocycles. The van der Waals surface area contributed by atoms with Gasteiger partial charge in [-0.15, -0.1) is 11.3 Å². The number of nitrogens with zero attached hydrogens (tertiary/aromatic N) is 2. The van der Waals surface area contributed by atoms with E-state index in [1.165, 1.54) is 11.3 Å². The van der Waals surface area contributed by atoms with E-state index in [1.54, 1.807) is 6.20 Å². The van der Waals surface area contributed by atoms with E-state index in [0.717, 1.165) is 35.8 Å². The van der Waals surface area contributed by atoms with Gasteiger partial charge in [0.1, 0.15) is 5.82 Å². The summed E-state index contributed by atoms with van der Waals surface area (Å²) >= 11 is 1.50. The molecule has 3 rings (SSSR count). The van der Waals surface area contributed by atoms with Crippen LogP contribution in [0.3, 0.4) is 0 Å². The van der Waals surface area contributed by atoms with Gasteiger partial charge in [0, 0.05) is 25.3 Å². The number of hydrogen-bond acceptors (Lipinski definition) is 4. The molecule has 0 radical (unpaired) electrons. The number of carbonyl (C=O) groups is 1. The largest absolute Gasteiger partial charge is 0.354 e. The summed E-state index contributed by atoms with van der Waals surface area (Å²) in [6.45, 7) is 3.77. The molecule has 0 saturated carbocycles. The maximum atomic E-state index is 12.1. The fraction of sp³-hybridized carbons (Fsp3) is 0.333. The van der Waals surface area contributed by atoms with E-state index in [-0.39, 0.29) is 11.9 Å². The molecule has 0 spiro atoms. The van der Waals surface area contributed by atoms with Gasteiger partial charge in [0.25, 0.3) is 5.91 Å². The van der Waals surface area contributed by atoms with E-state index < -0.39 is 0 Å². The van der Waals surface area contributed by atoms with Crippen LogP contribution in [0.4, 0.5) is 5.82 Å². The maximum Gasteiger partial charge on any atom is 0.261 e. The van der Waals surface area contributed by atoms with Crippen molar-refractivity contribution in [1.29, 1.82) is 0 Å². The van der Waals surface area contributed by atoms with Crippen LogP contribution in [-0.4, -0.2) is 30.0 Å². The Bertz CT molecular complexity index is 596. The lowest BCUT2D eigenvalue weighted by Gasteiger charge is -2.17. The van der Waals surface area contributed by atoms with Crippen molar-refractivity contribution in [3.8, 4) is 0 Å². The number of amides is 1. The third-order valence-corrected chi connectivity index (χ3v) is 4.50. The zero-order valence-corrected chi connectivity index (χ0v) is 12.2. The van der Waals surface area contributed by atoms with E-state index in [4.69, 9.17) is 0 Å². The van der Waals surface area contributed by atoms with E-state index in [0.29, 0.717) is 0 Å². The van der Waals surface area contributed by atoms with Gasteiger partial charge in [-0.25, -0.2) is 4.98 Å². The first-order chi connectivity index (χ1) is 9.72. The van der Waals surface area contributed by atoms with Crippen LogP contribution in [0.25, 0.3) is 0 Å². The molecule has 20 heavy (non-hydrogen) atoms. The molecule has 2 aromatic heterocycles. The van der Waals surface area contributed by atoms with Crippen molar-refractivity contribution in [1.82, 2.24) is 10.3 Å². The number of hydrogen-bond donors (Lipinski definition) is 1. The summed E-state index contributed by atoms with van der Waals surface area (Å²) in [4.78, 5) is 19.5. The fourth-order valence-corrected chi connectivity index (χ4v) is 3.23. The fourth-order valence-electron chi connectivity index (χ4n) is 2.43. The van der Waals surface area contributed by atoms with Crippen LogP contribution in [0, 0.1) is 6.92 Å². The zero-order valence-electron chi connectivity index (χ0n) is 11.4. The van der Waals surface area contributed by atoms with E-state index in [9.17, 15) is 4.79 Å². The van der Waals surface area contributed by atoms with Gasteiger partial charge in [-0.3, -0.25) is 4.79 Å². The molecule has 1 N–H and O–H groups in total. The van der Waals surface area contributed by atoms with E-state index >= 15 is 0 Å². The monoisotopic (exact) mass is 287 g/mol. The first-order valence-electron chi connectivity index (χ1n) is 6.74. The normalized spacial score (nSPS) is 18.2. The van der Waals surface area contributed by atoms with Gasteiger partial charge in [0.2, 0.25) is 0 Å². The molecule has 1 fully saturated rings. The molecule has 1 unspecified atom stereocenters. The molecule has 0 bridgehead atoms. The predicted octanol–water partition coefficient (Wildman–Crippen LogP) is 2.46. The third-order valence-electron chi connectivity index (χ3n) is 3.45. The number of pyridine rings is 1. The number of rotatable bonds is 3. The third kappa shape index (κ3) is 2.82. The smallest absolute Gasteiger partial charge is 0.261 e. The van der Waals surface area contributed by atoms with Gasteiger partial charge in [-0.1, -0.05) is 6.07 Å². The molecule has 1 atom stereocenters. The molecule has 0 aromatic carbocycles. The molecule has 104 valence electrons. The van der Waals surface area contributed by atoms with Gasteiger partial charge in [0.15, 0.2) is 0 Å². The lowest BCUT2D eigenvalue weighted by Crippen LogP contribution is -2.36. The lowest BCUT2D eigenvalue weighted by molar-refractivity contribution is 0.0944. The number of aromatic nitrogens is 1. The molecule has 1 amide bonds. The van der Waals surface area contributed by atoms with Crippen LogP contribution in [0.15, 0.2) is 35.8 Å². The van der Waals surface area contributed by atoms with Crippen molar-refractivity contribution in [3.63, 3.8) is 0 Å². The van der Waals surface area contributed by atoms with Crippen LogP contribution < -0.4 is 10.2 Å².